The Morgan fingerprint density at radius 1 is 1.00 bits per heavy atom. The summed E-state index contributed by atoms with van der Waals surface area (Å²) in [6, 6.07) is 16.3. The Bertz CT molecular complexity index is 1740. The van der Waals surface area contributed by atoms with Gasteiger partial charge in [0.1, 0.15) is 29.2 Å². The molecule has 0 fully saturated rings. The normalized spacial score (nSPS) is 11.5. The summed E-state index contributed by atoms with van der Waals surface area (Å²) in [6.07, 6.45) is -3.02. The summed E-state index contributed by atoms with van der Waals surface area (Å²) >= 11 is 1.34. The molecule has 0 bridgehead atoms. The molecule has 0 saturated heterocycles. The van der Waals surface area contributed by atoms with E-state index in [0.29, 0.717) is 49.7 Å². The van der Waals surface area contributed by atoms with Crippen LogP contribution in [-0.2, 0) is 17.5 Å². The van der Waals surface area contributed by atoms with Crippen LogP contribution in [0.5, 0.6) is 5.75 Å². The number of carbonyl (C=O) groups excluding carboxylic acids is 1. The van der Waals surface area contributed by atoms with Crippen LogP contribution in [0.1, 0.15) is 33.4 Å². The number of halogens is 3. The van der Waals surface area contributed by atoms with Gasteiger partial charge in [0.15, 0.2) is 5.43 Å². The van der Waals surface area contributed by atoms with Crippen LogP contribution in [0, 0.1) is 6.92 Å². The van der Waals surface area contributed by atoms with Crippen molar-refractivity contribution in [2.45, 2.75) is 26.6 Å². The molecule has 5 rings (SSSR count). The van der Waals surface area contributed by atoms with Crippen LogP contribution in [0.25, 0.3) is 32.7 Å². The number of alkyl halides is 3. The van der Waals surface area contributed by atoms with Crippen molar-refractivity contribution >= 4 is 28.3 Å². The fourth-order valence-corrected chi connectivity index (χ4v) is 5.02. The molecule has 40 heavy (non-hydrogen) atoms. The Morgan fingerprint density at radius 2 is 1.70 bits per heavy atom. The number of rotatable bonds is 7. The van der Waals surface area contributed by atoms with E-state index in [0.717, 1.165) is 17.0 Å². The standard InChI is InChI=1S/C30H22F3NO5S/c1-3-37-29(36)20-6-4-18(5-7-20)24-15-39-25-14-22(12-13-23(25)27(24)35)38-16-26-17(2)34-28(40-26)19-8-10-21(11-9-19)30(31,32)33/h4-15H,3,16H2,1-2H3. The van der Waals surface area contributed by atoms with E-state index in [4.69, 9.17) is 13.9 Å². The molecular weight excluding hydrogens is 543 g/mol. The Kier molecular flexibility index (Phi) is 7.44. The van der Waals surface area contributed by atoms with Crippen LogP contribution < -0.4 is 10.2 Å². The zero-order valence-electron chi connectivity index (χ0n) is 21.4. The number of hydrogen-bond acceptors (Lipinski definition) is 7. The van der Waals surface area contributed by atoms with Crippen molar-refractivity contribution in [3.63, 3.8) is 0 Å². The Hall–Kier alpha value is -4.44. The van der Waals surface area contributed by atoms with Gasteiger partial charge >= 0.3 is 12.1 Å². The molecule has 5 aromatic rings. The molecule has 0 spiro atoms. The summed E-state index contributed by atoms with van der Waals surface area (Å²) in [4.78, 5) is 30.3. The maximum Gasteiger partial charge on any atom is 0.416 e. The van der Waals surface area contributed by atoms with E-state index in [-0.39, 0.29) is 18.6 Å². The number of fused-ring (bicyclic) bond motifs is 1. The van der Waals surface area contributed by atoms with Crippen LogP contribution in [0.2, 0.25) is 0 Å². The van der Waals surface area contributed by atoms with Crippen LogP contribution in [0.4, 0.5) is 13.2 Å². The number of esters is 1. The van der Waals surface area contributed by atoms with Crippen molar-refractivity contribution in [2.75, 3.05) is 6.61 Å². The van der Waals surface area contributed by atoms with Gasteiger partial charge in [-0.05, 0) is 55.8 Å². The molecule has 0 aliphatic carbocycles. The van der Waals surface area contributed by atoms with Gasteiger partial charge in [-0.1, -0.05) is 24.3 Å². The highest BCUT2D eigenvalue weighted by molar-refractivity contribution is 7.15. The van der Waals surface area contributed by atoms with Gasteiger partial charge in [-0.15, -0.1) is 11.3 Å². The molecule has 6 nitrogen and oxygen atoms in total. The van der Waals surface area contributed by atoms with Crippen LogP contribution in [0.15, 0.2) is 82.2 Å². The van der Waals surface area contributed by atoms with Crippen molar-refractivity contribution in [1.29, 1.82) is 0 Å². The minimum atomic E-state index is -4.39. The predicted octanol–water partition coefficient (Wildman–Crippen LogP) is 7.67. The number of aromatic nitrogens is 1. The molecule has 0 saturated carbocycles. The van der Waals surface area contributed by atoms with Crippen LogP contribution in [0.3, 0.4) is 0 Å². The Balaban J connectivity index is 1.31. The molecule has 0 radical (unpaired) electrons. The topological polar surface area (TPSA) is 78.6 Å². The smallest absolute Gasteiger partial charge is 0.416 e. The van der Waals surface area contributed by atoms with Gasteiger partial charge in [0.05, 0.1) is 39.3 Å². The average Bonchev–Trinajstić information content (AvgIpc) is 3.32. The minimum Gasteiger partial charge on any atom is -0.488 e. The van der Waals surface area contributed by atoms with Gasteiger partial charge in [0.2, 0.25) is 0 Å². The van der Waals surface area contributed by atoms with Gasteiger partial charge in [-0.25, -0.2) is 9.78 Å². The molecule has 0 aliphatic rings. The maximum absolute atomic E-state index is 13.1. The first-order valence-corrected chi connectivity index (χ1v) is 13.1. The van der Waals surface area contributed by atoms with Crippen molar-refractivity contribution in [3.05, 3.63) is 105 Å². The van der Waals surface area contributed by atoms with Gasteiger partial charge in [0, 0.05) is 11.6 Å². The summed E-state index contributed by atoms with van der Waals surface area (Å²) in [6.45, 7) is 3.99. The Labute approximate surface area is 230 Å². The van der Waals surface area contributed by atoms with E-state index in [9.17, 15) is 22.8 Å². The summed E-state index contributed by atoms with van der Waals surface area (Å²) in [5.74, 6) is 0.0440. The maximum atomic E-state index is 13.1. The zero-order chi connectivity index (χ0) is 28.4. The summed E-state index contributed by atoms with van der Waals surface area (Å²) in [5.41, 5.74) is 2.06. The SMILES string of the molecule is CCOC(=O)c1ccc(-c2coc3cc(OCc4sc(-c5ccc(C(F)(F)F)cc5)nc4C)ccc3c2=O)cc1. The molecule has 2 aromatic heterocycles. The number of carbonyl (C=O) groups is 1. The van der Waals surface area contributed by atoms with E-state index in [1.54, 1.807) is 49.4 Å². The third-order valence-electron chi connectivity index (χ3n) is 6.17. The zero-order valence-corrected chi connectivity index (χ0v) is 22.2. The quantitative estimate of drug-likeness (QED) is 0.189. The number of thiazole rings is 1. The third kappa shape index (κ3) is 5.62. The number of nitrogens with zero attached hydrogens (tertiary/aromatic N) is 1. The highest BCUT2D eigenvalue weighted by Gasteiger charge is 2.30. The summed E-state index contributed by atoms with van der Waals surface area (Å²) in [5, 5.41) is 0.968. The molecule has 0 N–H and O–H groups in total. The lowest BCUT2D eigenvalue weighted by Gasteiger charge is -2.08. The lowest BCUT2D eigenvalue weighted by atomic mass is 10.0. The van der Waals surface area contributed by atoms with E-state index in [1.165, 1.54) is 29.7 Å². The molecule has 3 aromatic carbocycles. The van der Waals surface area contributed by atoms with E-state index >= 15 is 0 Å². The Morgan fingerprint density at radius 3 is 2.38 bits per heavy atom. The fraction of sp³-hybridized carbons (Fsp3) is 0.167. The number of aryl methyl sites for hydroxylation is 1. The fourth-order valence-electron chi connectivity index (χ4n) is 4.03. The largest absolute Gasteiger partial charge is 0.488 e. The van der Waals surface area contributed by atoms with E-state index in [2.05, 4.69) is 4.98 Å². The first-order valence-electron chi connectivity index (χ1n) is 12.2. The van der Waals surface area contributed by atoms with Gasteiger partial charge < -0.3 is 13.9 Å². The number of hydrogen-bond donors (Lipinski definition) is 0. The molecule has 0 unspecified atom stereocenters. The van der Waals surface area contributed by atoms with Crippen LogP contribution in [-0.4, -0.2) is 17.6 Å². The molecular formula is C30H22F3NO5S. The molecule has 10 heteroatoms. The van der Waals surface area contributed by atoms with Crippen molar-refractivity contribution in [3.8, 4) is 27.4 Å². The predicted molar refractivity (Wildman–Crippen MR) is 145 cm³/mol. The number of benzene rings is 3. The van der Waals surface area contributed by atoms with Crippen LogP contribution >= 0.6 is 11.3 Å². The van der Waals surface area contributed by atoms with E-state index in [1.807, 2.05) is 6.92 Å². The molecule has 204 valence electrons. The average molecular weight is 566 g/mol. The monoisotopic (exact) mass is 565 g/mol. The third-order valence-corrected chi connectivity index (χ3v) is 7.35. The molecule has 0 atom stereocenters. The summed E-state index contributed by atoms with van der Waals surface area (Å²) in [7, 11) is 0. The second kappa shape index (κ2) is 11.0. The lowest BCUT2D eigenvalue weighted by Crippen LogP contribution is -2.06. The molecule has 0 aliphatic heterocycles. The first kappa shape index (κ1) is 27.1. The van der Waals surface area contributed by atoms with E-state index < -0.39 is 17.7 Å². The minimum absolute atomic E-state index is 0.185. The highest BCUT2D eigenvalue weighted by Crippen LogP contribution is 2.33. The van der Waals surface area contributed by atoms with Crippen molar-refractivity contribution in [1.82, 2.24) is 4.98 Å². The van der Waals surface area contributed by atoms with Crippen molar-refractivity contribution in [2.24, 2.45) is 0 Å². The molecule has 0 amide bonds. The lowest BCUT2D eigenvalue weighted by molar-refractivity contribution is -0.137. The second-order valence-corrected chi connectivity index (χ2v) is 9.91. The van der Waals surface area contributed by atoms with Gasteiger partial charge in [-0.2, -0.15) is 13.2 Å². The second-order valence-electron chi connectivity index (χ2n) is 8.83. The first-order chi connectivity index (χ1) is 19.1. The number of ether oxygens (including phenoxy) is 2. The highest BCUT2D eigenvalue weighted by atomic mass is 32.1. The summed E-state index contributed by atoms with van der Waals surface area (Å²) < 4.78 is 55.2. The van der Waals surface area contributed by atoms with Gasteiger partial charge in [-0.3, -0.25) is 4.79 Å². The molecule has 2 heterocycles. The van der Waals surface area contributed by atoms with Gasteiger partial charge in [0.25, 0.3) is 0 Å². The van der Waals surface area contributed by atoms with Crippen molar-refractivity contribution < 1.29 is 31.9 Å².